The van der Waals surface area contributed by atoms with Crippen LogP contribution in [0.2, 0.25) is 0 Å². The highest BCUT2D eigenvalue weighted by Gasteiger charge is 2.52. The summed E-state index contributed by atoms with van der Waals surface area (Å²) in [4.78, 5) is 42.5. The first-order valence-electron chi connectivity index (χ1n) is 11.7. The normalized spacial score (nSPS) is 30.9. The molecule has 4 bridgehead atoms. The van der Waals surface area contributed by atoms with Crippen molar-refractivity contribution < 1.29 is 14.4 Å². The first kappa shape index (κ1) is 20.1. The van der Waals surface area contributed by atoms with Crippen molar-refractivity contribution in [3.63, 3.8) is 0 Å². The number of hydrogen-bond acceptors (Lipinski definition) is 5. The Labute approximate surface area is 191 Å². The van der Waals surface area contributed by atoms with Gasteiger partial charge in [0.05, 0.1) is 12.2 Å². The number of nitrogens with one attached hydrogen (secondary N) is 1. The van der Waals surface area contributed by atoms with Crippen LogP contribution in [0.15, 0.2) is 29.6 Å². The lowest BCUT2D eigenvalue weighted by Gasteiger charge is -2.56. The molecule has 2 aromatic rings. The Morgan fingerprint density at radius 2 is 1.59 bits per heavy atom. The number of hydrogen-bond donors (Lipinski definition) is 1. The van der Waals surface area contributed by atoms with E-state index in [0.29, 0.717) is 23.5 Å². The second kappa shape index (κ2) is 7.51. The van der Waals surface area contributed by atoms with E-state index in [4.69, 9.17) is 4.98 Å². The molecular formula is C25H27N3O3S. The van der Waals surface area contributed by atoms with Crippen LogP contribution >= 0.6 is 11.3 Å². The molecule has 7 heteroatoms. The van der Waals surface area contributed by atoms with E-state index in [9.17, 15) is 14.4 Å². The molecule has 0 radical (unpaired) electrons. The lowest BCUT2D eigenvalue weighted by atomic mass is 9.49. The zero-order valence-corrected chi connectivity index (χ0v) is 18.8. The Kier molecular flexibility index (Phi) is 4.72. The molecule has 0 atom stereocenters. The number of thiazole rings is 1. The molecule has 0 spiro atoms. The summed E-state index contributed by atoms with van der Waals surface area (Å²) in [6.07, 6.45) is 8.59. The minimum absolute atomic E-state index is 0.129. The van der Waals surface area contributed by atoms with Gasteiger partial charge >= 0.3 is 0 Å². The molecule has 1 N–H and O–H groups in total. The van der Waals surface area contributed by atoms with Gasteiger partial charge in [0.25, 0.3) is 5.91 Å². The number of carbonyl (C=O) groups excluding carboxylic acids is 3. The Bertz CT molecular complexity index is 1040. The summed E-state index contributed by atoms with van der Waals surface area (Å²) >= 11 is 1.52. The highest BCUT2D eigenvalue weighted by atomic mass is 32.1. The van der Waals surface area contributed by atoms with Crippen molar-refractivity contribution in [2.75, 3.05) is 5.32 Å². The van der Waals surface area contributed by atoms with Gasteiger partial charge in [0.1, 0.15) is 0 Å². The first-order valence-corrected chi connectivity index (χ1v) is 12.5. The molecule has 166 valence electrons. The molecule has 32 heavy (non-hydrogen) atoms. The maximum atomic E-state index is 12.8. The third kappa shape index (κ3) is 3.47. The average Bonchev–Trinajstić information content (AvgIpc) is 3.36. The van der Waals surface area contributed by atoms with E-state index in [0.717, 1.165) is 23.3 Å². The van der Waals surface area contributed by atoms with Crippen molar-refractivity contribution in [1.82, 2.24) is 9.88 Å². The predicted molar refractivity (Wildman–Crippen MR) is 121 cm³/mol. The summed E-state index contributed by atoms with van der Waals surface area (Å²) in [7, 11) is 0. The number of benzene rings is 1. The lowest BCUT2D eigenvalue weighted by molar-refractivity contribution is -0.139. The molecule has 1 aromatic heterocycles. The van der Waals surface area contributed by atoms with Crippen LogP contribution < -0.4 is 5.32 Å². The largest absolute Gasteiger partial charge is 0.298 e. The number of rotatable bonds is 5. The van der Waals surface area contributed by atoms with Crippen LogP contribution in [0.5, 0.6) is 0 Å². The van der Waals surface area contributed by atoms with Gasteiger partial charge in [-0.05, 0) is 74.0 Å². The average molecular weight is 450 g/mol. The van der Waals surface area contributed by atoms with Crippen LogP contribution in [-0.2, 0) is 21.5 Å². The zero-order valence-electron chi connectivity index (χ0n) is 18.0. The van der Waals surface area contributed by atoms with Gasteiger partial charge < -0.3 is 0 Å². The van der Waals surface area contributed by atoms with Crippen LogP contribution in [0, 0.1) is 17.8 Å². The number of likely N-dealkylation sites (tertiary alicyclic amines) is 1. The Hall–Kier alpha value is -2.54. The van der Waals surface area contributed by atoms with Gasteiger partial charge in [-0.3, -0.25) is 24.6 Å². The second-order valence-corrected chi connectivity index (χ2v) is 11.1. The molecule has 2 heterocycles. The molecule has 1 aromatic carbocycles. The van der Waals surface area contributed by atoms with Gasteiger partial charge in [-0.1, -0.05) is 12.1 Å². The van der Waals surface area contributed by atoms with Gasteiger partial charge in [-0.15, -0.1) is 11.3 Å². The fourth-order valence-corrected chi connectivity index (χ4v) is 7.74. The summed E-state index contributed by atoms with van der Waals surface area (Å²) in [5.41, 5.74) is 2.80. The number of nitrogens with zero attached hydrogens (tertiary/aromatic N) is 2. The standard InChI is InChI=1S/C25H27N3O3S/c29-21-5-6-22(30)28(21)13-15-1-3-19(4-2-15)23(31)27-24-26-20(14-32-24)25-10-16-7-17(11-25)9-18(8-16)12-25/h1-4,14,16-18H,5-13H2,(H,26,27,31). The number of imide groups is 1. The molecule has 7 rings (SSSR count). The lowest BCUT2D eigenvalue weighted by Crippen LogP contribution is -2.48. The van der Waals surface area contributed by atoms with Crippen molar-refractivity contribution in [3.05, 3.63) is 46.5 Å². The van der Waals surface area contributed by atoms with E-state index in [1.165, 1.54) is 60.5 Å². The van der Waals surface area contributed by atoms with Crippen molar-refractivity contribution in [2.45, 2.75) is 63.3 Å². The third-order valence-corrected chi connectivity index (χ3v) is 8.78. The highest BCUT2D eigenvalue weighted by molar-refractivity contribution is 7.14. The van der Waals surface area contributed by atoms with Crippen LogP contribution in [0.3, 0.4) is 0 Å². The van der Waals surface area contributed by atoms with Gasteiger partial charge in [0, 0.05) is 29.2 Å². The van der Waals surface area contributed by atoms with Gasteiger partial charge in [-0.2, -0.15) is 0 Å². The number of aromatic nitrogens is 1. The summed E-state index contributed by atoms with van der Waals surface area (Å²) in [6, 6.07) is 7.08. The van der Waals surface area contributed by atoms with Crippen LogP contribution in [0.1, 0.15) is 73.0 Å². The number of carbonyl (C=O) groups is 3. The van der Waals surface area contributed by atoms with E-state index < -0.39 is 0 Å². The Morgan fingerprint density at radius 1 is 1.00 bits per heavy atom. The molecule has 5 aliphatic rings. The fraction of sp³-hybridized carbons (Fsp3) is 0.520. The minimum atomic E-state index is -0.184. The summed E-state index contributed by atoms with van der Waals surface area (Å²) in [5.74, 6) is 2.16. The molecule has 0 unspecified atom stereocenters. The van der Waals surface area contributed by atoms with E-state index in [-0.39, 0.29) is 29.7 Å². The monoisotopic (exact) mass is 449 g/mol. The van der Waals surface area contributed by atoms with Crippen molar-refractivity contribution in [3.8, 4) is 0 Å². The molecule has 5 fully saturated rings. The summed E-state index contributed by atoms with van der Waals surface area (Å²) in [6.45, 7) is 0.264. The van der Waals surface area contributed by atoms with Crippen LogP contribution in [-0.4, -0.2) is 27.6 Å². The molecular weight excluding hydrogens is 422 g/mol. The Morgan fingerprint density at radius 3 is 2.19 bits per heavy atom. The fourth-order valence-electron chi connectivity index (χ4n) is 6.91. The summed E-state index contributed by atoms with van der Waals surface area (Å²) < 4.78 is 0. The predicted octanol–water partition coefficient (Wildman–Crippen LogP) is 4.51. The second-order valence-electron chi connectivity index (χ2n) is 10.3. The minimum Gasteiger partial charge on any atom is -0.298 e. The van der Waals surface area contributed by atoms with Crippen molar-refractivity contribution in [2.24, 2.45) is 17.8 Å². The van der Waals surface area contributed by atoms with Gasteiger partial charge in [-0.25, -0.2) is 4.98 Å². The van der Waals surface area contributed by atoms with Crippen LogP contribution in [0.25, 0.3) is 0 Å². The van der Waals surface area contributed by atoms with E-state index >= 15 is 0 Å². The molecule has 6 nitrogen and oxygen atoms in total. The number of anilines is 1. The molecule has 3 amide bonds. The van der Waals surface area contributed by atoms with Gasteiger partial charge in [0.2, 0.25) is 11.8 Å². The van der Waals surface area contributed by atoms with Gasteiger partial charge in [0.15, 0.2) is 5.13 Å². The van der Waals surface area contributed by atoms with Crippen molar-refractivity contribution in [1.29, 1.82) is 0 Å². The quantitative estimate of drug-likeness (QED) is 0.681. The van der Waals surface area contributed by atoms with Crippen LogP contribution in [0.4, 0.5) is 5.13 Å². The summed E-state index contributed by atoms with van der Waals surface area (Å²) in [5, 5.41) is 5.79. The highest BCUT2D eigenvalue weighted by Crippen LogP contribution is 2.60. The first-order chi connectivity index (χ1) is 15.5. The van der Waals surface area contributed by atoms with Crippen molar-refractivity contribution >= 4 is 34.2 Å². The zero-order chi connectivity index (χ0) is 21.9. The Balaban J connectivity index is 1.12. The molecule has 4 saturated carbocycles. The van der Waals surface area contributed by atoms with E-state index in [1.807, 2.05) is 0 Å². The number of amides is 3. The SMILES string of the molecule is O=C(Nc1nc(C23CC4CC(CC(C4)C2)C3)cs1)c1ccc(CN2C(=O)CCC2=O)cc1. The molecule has 4 aliphatic carbocycles. The maximum absolute atomic E-state index is 12.8. The van der Waals surface area contributed by atoms with E-state index in [2.05, 4.69) is 10.7 Å². The molecule has 1 aliphatic heterocycles. The maximum Gasteiger partial charge on any atom is 0.257 e. The molecule has 1 saturated heterocycles. The topological polar surface area (TPSA) is 79.4 Å². The van der Waals surface area contributed by atoms with E-state index in [1.54, 1.807) is 24.3 Å². The third-order valence-electron chi connectivity index (χ3n) is 8.02. The smallest absolute Gasteiger partial charge is 0.257 e.